The first-order chi connectivity index (χ1) is 14.1. The van der Waals surface area contributed by atoms with Gasteiger partial charge in [0.2, 0.25) is 10.0 Å². The van der Waals surface area contributed by atoms with Crippen molar-refractivity contribution in [2.45, 2.75) is 24.3 Å². The molecule has 0 N–H and O–H groups in total. The van der Waals surface area contributed by atoms with E-state index >= 15 is 0 Å². The van der Waals surface area contributed by atoms with Crippen molar-refractivity contribution >= 4 is 10.0 Å². The third-order valence-corrected chi connectivity index (χ3v) is 7.15. The summed E-state index contributed by atoms with van der Waals surface area (Å²) in [4.78, 5) is 0.268. The van der Waals surface area contributed by atoms with Crippen molar-refractivity contribution in [1.82, 2.24) is 19.1 Å². The lowest BCUT2D eigenvalue weighted by Gasteiger charge is -2.17. The minimum absolute atomic E-state index is 0.217. The van der Waals surface area contributed by atoms with Crippen LogP contribution in [0.2, 0.25) is 0 Å². The average molecular weight is 413 g/mol. The van der Waals surface area contributed by atoms with E-state index in [0.29, 0.717) is 31.8 Å². The Balaban J connectivity index is 1.44. The zero-order valence-corrected chi connectivity index (χ0v) is 17.1. The third kappa shape index (κ3) is 4.33. The summed E-state index contributed by atoms with van der Waals surface area (Å²) >= 11 is 0. The fourth-order valence-electron chi connectivity index (χ4n) is 3.70. The smallest absolute Gasteiger partial charge is 0.243 e. The van der Waals surface area contributed by atoms with Crippen molar-refractivity contribution in [2.75, 3.05) is 20.2 Å². The molecule has 1 fully saturated rings. The number of nitrogens with zero attached hydrogens (tertiary/aromatic N) is 4. The van der Waals surface area contributed by atoms with Gasteiger partial charge in [-0.2, -0.15) is 4.31 Å². The predicted molar refractivity (Wildman–Crippen MR) is 109 cm³/mol. The van der Waals surface area contributed by atoms with Crippen LogP contribution in [-0.2, 0) is 23.0 Å². The van der Waals surface area contributed by atoms with E-state index in [2.05, 4.69) is 22.3 Å². The van der Waals surface area contributed by atoms with Gasteiger partial charge in [-0.05, 0) is 30.0 Å². The Labute approximate surface area is 171 Å². The molecule has 2 heterocycles. The highest BCUT2D eigenvalue weighted by Gasteiger charge is 2.33. The van der Waals surface area contributed by atoms with Gasteiger partial charge in [0.05, 0.1) is 18.6 Å². The third-order valence-electron chi connectivity index (χ3n) is 5.29. The zero-order chi connectivity index (χ0) is 20.3. The molecule has 0 amide bonds. The second kappa shape index (κ2) is 8.34. The monoisotopic (exact) mass is 412 g/mol. The molecular formula is C21H24N4O3S. The van der Waals surface area contributed by atoms with Gasteiger partial charge < -0.3 is 9.30 Å². The first-order valence-electron chi connectivity index (χ1n) is 9.61. The summed E-state index contributed by atoms with van der Waals surface area (Å²) in [5, 5.41) is 8.33. The molecule has 0 radical (unpaired) electrons. The molecule has 0 aliphatic carbocycles. The van der Waals surface area contributed by atoms with Gasteiger partial charge in [0.1, 0.15) is 17.9 Å². The van der Waals surface area contributed by atoms with Gasteiger partial charge in [0, 0.05) is 25.6 Å². The fourth-order valence-corrected chi connectivity index (χ4v) is 5.27. The van der Waals surface area contributed by atoms with E-state index in [4.69, 9.17) is 4.74 Å². The lowest BCUT2D eigenvalue weighted by atomic mass is 10.0. The Morgan fingerprint density at radius 3 is 2.76 bits per heavy atom. The Kier molecular flexibility index (Phi) is 5.64. The van der Waals surface area contributed by atoms with Gasteiger partial charge in [-0.1, -0.05) is 36.4 Å². The molecule has 1 aliphatic heterocycles. The number of ether oxygens (including phenoxy) is 1. The van der Waals surface area contributed by atoms with E-state index in [-0.39, 0.29) is 10.8 Å². The van der Waals surface area contributed by atoms with Gasteiger partial charge in [-0.15, -0.1) is 10.2 Å². The van der Waals surface area contributed by atoms with Crippen LogP contribution in [0.4, 0.5) is 0 Å². The number of hydrogen-bond acceptors (Lipinski definition) is 5. The highest BCUT2D eigenvalue weighted by atomic mass is 32.2. The fraction of sp³-hybridized carbons (Fsp3) is 0.333. The van der Waals surface area contributed by atoms with E-state index in [0.717, 1.165) is 12.2 Å². The van der Waals surface area contributed by atoms with Crippen LogP contribution in [0, 0.1) is 5.92 Å². The van der Waals surface area contributed by atoms with Crippen molar-refractivity contribution in [3.05, 3.63) is 72.3 Å². The highest BCUT2D eigenvalue weighted by molar-refractivity contribution is 7.89. The van der Waals surface area contributed by atoms with Crippen LogP contribution < -0.4 is 4.74 Å². The normalized spacial score (nSPS) is 17.5. The van der Waals surface area contributed by atoms with E-state index in [1.165, 1.54) is 12.7 Å². The number of methoxy groups -OCH3 is 1. The van der Waals surface area contributed by atoms with Gasteiger partial charge in [0.25, 0.3) is 0 Å². The molecular weight excluding hydrogens is 388 g/mol. The van der Waals surface area contributed by atoms with Crippen LogP contribution in [0.1, 0.15) is 17.8 Å². The summed E-state index contributed by atoms with van der Waals surface area (Å²) in [7, 11) is -2.00. The van der Waals surface area contributed by atoms with Crippen LogP contribution in [0.15, 0.2) is 65.8 Å². The molecule has 1 aromatic heterocycles. The summed E-state index contributed by atoms with van der Waals surface area (Å²) in [5.74, 6) is 1.64. The van der Waals surface area contributed by atoms with Crippen molar-refractivity contribution in [3.8, 4) is 5.75 Å². The number of aromatic nitrogens is 3. The summed E-state index contributed by atoms with van der Waals surface area (Å²) < 4.78 is 34.8. The van der Waals surface area contributed by atoms with Crippen LogP contribution in [0.5, 0.6) is 5.75 Å². The van der Waals surface area contributed by atoms with Crippen molar-refractivity contribution in [3.63, 3.8) is 0 Å². The van der Waals surface area contributed by atoms with Crippen molar-refractivity contribution in [1.29, 1.82) is 0 Å². The Morgan fingerprint density at radius 2 is 1.97 bits per heavy atom. The summed E-state index contributed by atoms with van der Waals surface area (Å²) in [6, 6.07) is 16.8. The number of rotatable bonds is 7. The molecule has 0 saturated carbocycles. The molecule has 7 nitrogen and oxygen atoms in total. The zero-order valence-electron chi connectivity index (χ0n) is 16.3. The maximum atomic E-state index is 13.0. The summed E-state index contributed by atoms with van der Waals surface area (Å²) in [5.41, 5.74) is 1.18. The quantitative estimate of drug-likeness (QED) is 0.596. The predicted octanol–water partition coefficient (Wildman–Crippen LogP) is 2.59. The van der Waals surface area contributed by atoms with Crippen LogP contribution in [0.25, 0.3) is 0 Å². The summed E-state index contributed by atoms with van der Waals surface area (Å²) in [6.45, 7) is 1.70. The molecule has 0 bridgehead atoms. The first-order valence-corrected chi connectivity index (χ1v) is 11.0. The van der Waals surface area contributed by atoms with Crippen LogP contribution in [-0.4, -0.2) is 47.7 Å². The summed E-state index contributed by atoms with van der Waals surface area (Å²) in [6.07, 6.45) is 3.25. The van der Waals surface area contributed by atoms with Crippen LogP contribution in [0.3, 0.4) is 0 Å². The molecule has 0 spiro atoms. The maximum absolute atomic E-state index is 13.0. The van der Waals surface area contributed by atoms with Crippen molar-refractivity contribution in [2.24, 2.45) is 5.92 Å². The Morgan fingerprint density at radius 1 is 1.14 bits per heavy atom. The molecule has 8 heteroatoms. The largest absolute Gasteiger partial charge is 0.497 e. The van der Waals surface area contributed by atoms with E-state index in [9.17, 15) is 8.42 Å². The second-order valence-electron chi connectivity index (χ2n) is 7.26. The maximum Gasteiger partial charge on any atom is 0.243 e. The molecule has 152 valence electrons. The van der Waals surface area contributed by atoms with E-state index in [1.54, 1.807) is 34.9 Å². The first kappa shape index (κ1) is 19.6. The molecule has 1 atom stereocenters. The van der Waals surface area contributed by atoms with Gasteiger partial charge in [-0.3, -0.25) is 0 Å². The molecule has 1 saturated heterocycles. The molecule has 29 heavy (non-hydrogen) atoms. The minimum Gasteiger partial charge on any atom is -0.497 e. The Bertz CT molecular complexity index is 1070. The SMILES string of the molecule is COc1cccc(S(=O)(=O)N2CCC(Cc3nncn3Cc3ccccc3)C2)c1. The second-order valence-corrected chi connectivity index (χ2v) is 9.20. The van der Waals surface area contributed by atoms with E-state index < -0.39 is 10.0 Å². The lowest BCUT2D eigenvalue weighted by molar-refractivity contribution is 0.412. The van der Waals surface area contributed by atoms with Crippen molar-refractivity contribution < 1.29 is 13.2 Å². The van der Waals surface area contributed by atoms with E-state index in [1.807, 2.05) is 22.8 Å². The van der Waals surface area contributed by atoms with Crippen LogP contribution >= 0.6 is 0 Å². The topological polar surface area (TPSA) is 77.3 Å². The number of hydrogen-bond donors (Lipinski definition) is 0. The highest BCUT2D eigenvalue weighted by Crippen LogP contribution is 2.28. The molecule has 1 unspecified atom stereocenters. The standard InChI is InChI=1S/C21H24N4O3S/c1-28-19-8-5-9-20(13-19)29(26,27)25-11-10-18(15-25)12-21-23-22-16-24(21)14-17-6-3-2-4-7-17/h2-9,13,16,18H,10-12,14-15H2,1H3. The molecule has 2 aromatic carbocycles. The van der Waals surface area contributed by atoms with Gasteiger partial charge in [0.15, 0.2) is 0 Å². The van der Waals surface area contributed by atoms with Gasteiger partial charge in [-0.25, -0.2) is 8.42 Å². The molecule has 3 aromatic rings. The minimum atomic E-state index is -3.53. The molecule has 1 aliphatic rings. The lowest BCUT2D eigenvalue weighted by Crippen LogP contribution is -2.29. The number of sulfonamides is 1. The van der Waals surface area contributed by atoms with Gasteiger partial charge >= 0.3 is 0 Å². The average Bonchev–Trinajstić information content (AvgIpc) is 3.39. The number of benzene rings is 2. The molecule has 4 rings (SSSR count). The Hall–Kier alpha value is -2.71.